The number of pyridine rings is 1. The average Bonchev–Trinajstić information content (AvgIpc) is 2.64. The van der Waals surface area contributed by atoms with E-state index in [0.717, 1.165) is 12.6 Å². The summed E-state index contributed by atoms with van der Waals surface area (Å²) in [4.78, 5) is 17.1. The molecule has 0 bridgehead atoms. The van der Waals surface area contributed by atoms with Crippen LogP contribution < -0.4 is 5.73 Å². The summed E-state index contributed by atoms with van der Waals surface area (Å²) in [6, 6.07) is 1.23. The first kappa shape index (κ1) is 10.0. The maximum Gasteiger partial charge on any atom is 0.255 e. The number of amides is 1. The number of halogens is 1. The second-order valence-corrected chi connectivity index (χ2v) is 3.69. The zero-order chi connectivity index (χ0) is 10.8. The Bertz CT molecular complexity index is 383. The number of rotatable bonds is 1. The third-order valence-electron chi connectivity index (χ3n) is 2.46. The maximum atomic E-state index is 12.8. The van der Waals surface area contributed by atoms with E-state index in [1.54, 1.807) is 4.90 Å². The molecule has 1 aliphatic heterocycles. The molecule has 0 aromatic carbocycles. The summed E-state index contributed by atoms with van der Waals surface area (Å²) in [7, 11) is 0. The van der Waals surface area contributed by atoms with Gasteiger partial charge in [-0.1, -0.05) is 0 Å². The van der Waals surface area contributed by atoms with Crippen LogP contribution in [-0.2, 0) is 0 Å². The number of carbonyl (C=O) groups is 1. The summed E-state index contributed by atoms with van der Waals surface area (Å²) in [6.07, 6.45) is 3.25. The molecule has 1 amide bonds. The maximum absolute atomic E-state index is 12.8. The molecule has 2 rings (SSSR count). The van der Waals surface area contributed by atoms with Crippen LogP contribution in [0.1, 0.15) is 16.8 Å². The second-order valence-electron chi connectivity index (χ2n) is 3.69. The highest BCUT2D eigenvalue weighted by Gasteiger charge is 2.24. The first-order chi connectivity index (χ1) is 7.16. The lowest BCUT2D eigenvalue weighted by molar-refractivity contribution is 0.0790. The Morgan fingerprint density at radius 3 is 3.00 bits per heavy atom. The lowest BCUT2D eigenvalue weighted by Crippen LogP contribution is -2.31. The van der Waals surface area contributed by atoms with Gasteiger partial charge >= 0.3 is 0 Å². The van der Waals surface area contributed by atoms with Crippen molar-refractivity contribution in [2.75, 3.05) is 13.1 Å². The number of aromatic nitrogens is 1. The van der Waals surface area contributed by atoms with Crippen LogP contribution in [0.2, 0.25) is 0 Å². The predicted molar refractivity (Wildman–Crippen MR) is 52.7 cm³/mol. The Balaban J connectivity index is 2.14. The van der Waals surface area contributed by atoms with E-state index in [0.29, 0.717) is 13.1 Å². The smallest absolute Gasteiger partial charge is 0.255 e. The van der Waals surface area contributed by atoms with Crippen molar-refractivity contribution in [3.63, 3.8) is 0 Å². The number of nitrogens with zero attached hydrogens (tertiary/aromatic N) is 2. The Kier molecular flexibility index (Phi) is 2.64. The molecule has 0 spiro atoms. The molecule has 80 valence electrons. The van der Waals surface area contributed by atoms with E-state index in [4.69, 9.17) is 5.73 Å². The van der Waals surface area contributed by atoms with Crippen molar-refractivity contribution in [2.24, 2.45) is 5.73 Å². The molecule has 0 aliphatic carbocycles. The highest BCUT2D eigenvalue weighted by Crippen LogP contribution is 2.12. The summed E-state index contributed by atoms with van der Waals surface area (Å²) in [5.74, 6) is -0.695. The number of nitrogens with two attached hydrogens (primary N) is 1. The number of hydrogen-bond donors (Lipinski definition) is 1. The van der Waals surface area contributed by atoms with Crippen LogP contribution in [0.15, 0.2) is 18.5 Å². The predicted octanol–water partition coefficient (Wildman–Crippen LogP) is 0.394. The molecule has 15 heavy (non-hydrogen) atoms. The molecule has 1 aromatic rings. The SMILES string of the molecule is N[C@H]1CCN(C(=O)c2cncc(F)c2)C1. The molecule has 1 aromatic heterocycles. The Hall–Kier alpha value is -1.49. The van der Waals surface area contributed by atoms with Gasteiger partial charge in [0.1, 0.15) is 5.82 Å². The minimum absolute atomic E-state index is 0.0375. The molecule has 2 heterocycles. The molecule has 0 saturated carbocycles. The zero-order valence-corrected chi connectivity index (χ0v) is 8.19. The van der Waals surface area contributed by atoms with Crippen LogP contribution in [0.4, 0.5) is 4.39 Å². The van der Waals surface area contributed by atoms with E-state index >= 15 is 0 Å². The zero-order valence-electron chi connectivity index (χ0n) is 8.19. The van der Waals surface area contributed by atoms with Crippen molar-refractivity contribution in [3.05, 3.63) is 29.8 Å². The van der Waals surface area contributed by atoms with Gasteiger partial charge in [0.15, 0.2) is 0 Å². The van der Waals surface area contributed by atoms with Gasteiger partial charge in [0.25, 0.3) is 5.91 Å². The largest absolute Gasteiger partial charge is 0.337 e. The lowest BCUT2D eigenvalue weighted by Gasteiger charge is -2.15. The number of hydrogen-bond acceptors (Lipinski definition) is 3. The summed E-state index contributed by atoms with van der Waals surface area (Å²) in [6.45, 7) is 1.17. The van der Waals surface area contributed by atoms with Crippen LogP contribution in [0.5, 0.6) is 0 Å². The summed E-state index contributed by atoms with van der Waals surface area (Å²) in [5.41, 5.74) is 5.97. The molecule has 1 atom stereocenters. The van der Waals surface area contributed by atoms with Crippen LogP contribution in [0.25, 0.3) is 0 Å². The molecule has 0 radical (unpaired) electrons. The highest BCUT2D eigenvalue weighted by atomic mass is 19.1. The minimum atomic E-state index is -0.496. The molecule has 2 N–H and O–H groups in total. The first-order valence-corrected chi connectivity index (χ1v) is 4.82. The van der Waals surface area contributed by atoms with Gasteiger partial charge in [0, 0.05) is 25.3 Å². The van der Waals surface area contributed by atoms with E-state index in [1.165, 1.54) is 12.3 Å². The minimum Gasteiger partial charge on any atom is -0.337 e. The topological polar surface area (TPSA) is 59.2 Å². The monoisotopic (exact) mass is 209 g/mol. The quantitative estimate of drug-likeness (QED) is 0.728. The van der Waals surface area contributed by atoms with Gasteiger partial charge in [-0.25, -0.2) is 4.39 Å². The second kappa shape index (κ2) is 3.94. The van der Waals surface area contributed by atoms with E-state index in [-0.39, 0.29) is 17.5 Å². The number of carbonyl (C=O) groups excluding carboxylic acids is 1. The fourth-order valence-corrected chi connectivity index (χ4v) is 1.68. The molecule has 5 heteroatoms. The van der Waals surface area contributed by atoms with E-state index in [1.807, 2.05) is 0 Å². The van der Waals surface area contributed by atoms with Crippen LogP contribution in [-0.4, -0.2) is 34.9 Å². The Morgan fingerprint density at radius 1 is 1.60 bits per heavy atom. The molecule has 1 saturated heterocycles. The van der Waals surface area contributed by atoms with E-state index in [9.17, 15) is 9.18 Å². The summed E-state index contributed by atoms with van der Waals surface area (Å²) in [5, 5.41) is 0. The lowest BCUT2D eigenvalue weighted by atomic mass is 10.2. The fourth-order valence-electron chi connectivity index (χ4n) is 1.68. The standard InChI is InChI=1S/C10H12FN3O/c11-8-3-7(4-13-5-8)10(15)14-2-1-9(12)6-14/h3-5,9H,1-2,6,12H2/t9-/m0/s1. The third-order valence-corrected chi connectivity index (χ3v) is 2.46. The highest BCUT2D eigenvalue weighted by molar-refractivity contribution is 5.94. The van der Waals surface area contributed by atoms with Crippen molar-refractivity contribution in [3.8, 4) is 0 Å². The Morgan fingerprint density at radius 2 is 2.40 bits per heavy atom. The van der Waals surface area contributed by atoms with Gasteiger partial charge in [-0.05, 0) is 12.5 Å². The Labute approximate surface area is 86.9 Å². The van der Waals surface area contributed by atoms with Gasteiger partial charge in [-0.15, -0.1) is 0 Å². The van der Waals surface area contributed by atoms with Crippen molar-refractivity contribution in [1.29, 1.82) is 0 Å². The van der Waals surface area contributed by atoms with Gasteiger partial charge in [0.05, 0.1) is 11.8 Å². The summed E-state index contributed by atoms with van der Waals surface area (Å²) < 4.78 is 12.8. The van der Waals surface area contributed by atoms with Gasteiger partial charge in [-0.2, -0.15) is 0 Å². The van der Waals surface area contributed by atoms with Crippen molar-refractivity contribution < 1.29 is 9.18 Å². The molecular weight excluding hydrogens is 197 g/mol. The van der Waals surface area contributed by atoms with Crippen LogP contribution in [0, 0.1) is 5.82 Å². The normalized spacial score (nSPS) is 20.7. The summed E-state index contributed by atoms with van der Waals surface area (Å²) >= 11 is 0. The van der Waals surface area contributed by atoms with E-state index < -0.39 is 5.82 Å². The van der Waals surface area contributed by atoms with Gasteiger partial charge in [-0.3, -0.25) is 9.78 Å². The van der Waals surface area contributed by atoms with Crippen molar-refractivity contribution in [2.45, 2.75) is 12.5 Å². The van der Waals surface area contributed by atoms with Gasteiger partial charge in [0.2, 0.25) is 0 Å². The number of likely N-dealkylation sites (tertiary alicyclic amines) is 1. The molecule has 0 unspecified atom stereocenters. The molecule has 1 aliphatic rings. The first-order valence-electron chi connectivity index (χ1n) is 4.82. The fraction of sp³-hybridized carbons (Fsp3) is 0.400. The molecule has 1 fully saturated rings. The van der Waals surface area contributed by atoms with Crippen LogP contribution >= 0.6 is 0 Å². The molecule has 4 nitrogen and oxygen atoms in total. The van der Waals surface area contributed by atoms with E-state index in [2.05, 4.69) is 4.98 Å². The van der Waals surface area contributed by atoms with Gasteiger partial charge < -0.3 is 10.6 Å². The van der Waals surface area contributed by atoms with Crippen molar-refractivity contribution in [1.82, 2.24) is 9.88 Å². The molecular formula is C10H12FN3O. The van der Waals surface area contributed by atoms with Crippen molar-refractivity contribution >= 4 is 5.91 Å². The average molecular weight is 209 g/mol. The third kappa shape index (κ3) is 2.12. The van der Waals surface area contributed by atoms with Crippen LogP contribution in [0.3, 0.4) is 0 Å².